The van der Waals surface area contributed by atoms with E-state index in [0.29, 0.717) is 35.2 Å². The zero-order valence-corrected chi connectivity index (χ0v) is 15.8. The smallest absolute Gasteiger partial charge is 0.341 e. The molecular formula is C16H13N9O3S. The van der Waals surface area contributed by atoms with Crippen LogP contribution in [-0.2, 0) is 0 Å². The van der Waals surface area contributed by atoms with Gasteiger partial charge in [0.2, 0.25) is 10.6 Å². The molecule has 0 saturated carbocycles. The van der Waals surface area contributed by atoms with Gasteiger partial charge in [-0.05, 0) is 23.8 Å². The highest BCUT2D eigenvalue weighted by Gasteiger charge is 2.32. The van der Waals surface area contributed by atoms with E-state index in [1.165, 1.54) is 23.4 Å². The third kappa shape index (κ3) is 2.74. The van der Waals surface area contributed by atoms with Crippen LogP contribution in [-0.4, -0.2) is 63.3 Å². The Balaban J connectivity index is 1.64. The molecule has 4 aromatic heterocycles. The molecule has 1 saturated heterocycles. The van der Waals surface area contributed by atoms with E-state index in [-0.39, 0.29) is 17.0 Å². The molecule has 0 amide bonds. The highest BCUT2D eigenvalue weighted by Crippen LogP contribution is 2.29. The van der Waals surface area contributed by atoms with Crippen LogP contribution in [0, 0.1) is 6.92 Å². The van der Waals surface area contributed by atoms with Gasteiger partial charge in [0.25, 0.3) is 0 Å². The average molecular weight is 411 g/mol. The second-order valence-corrected chi connectivity index (χ2v) is 7.34. The summed E-state index contributed by atoms with van der Waals surface area (Å²) in [6.07, 6.45) is 4.01. The van der Waals surface area contributed by atoms with Crippen LogP contribution in [0.2, 0.25) is 0 Å². The molecule has 5 rings (SSSR count). The van der Waals surface area contributed by atoms with Gasteiger partial charge in [-0.15, -0.1) is 10.2 Å². The molecule has 1 aliphatic heterocycles. The molecular weight excluding hydrogens is 398 g/mol. The third-order valence-electron chi connectivity index (χ3n) is 4.81. The Kier molecular flexibility index (Phi) is 3.84. The van der Waals surface area contributed by atoms with Crippen molar-refractivity contribution in [3.05, 3.63) is 46.3 Å². The van der Waals surface area contributed by atoms with Gasteiger partial charge in [-0.2, -0.15) is 9.17 Å². The van der Waals surface area contributed by atoms with E-state index < -0.39 is 11.4 Å². The van der Waals surface area contributed by atoms with Crippen molar-refractivity contribution >= 4 is 34.4 Å². The van der Waals surface area contributed by atoms with Crippen LogP contribution < -0.4 is 10.3 Å². The number of rotatable bonds is 4. The number of anilines is 1. The molecule has 0 radical (unpaired) electrons. The molecule has 146 valence electrons. The Bertz CT molecular complexity index is 1280. The molecule has 13 heteroatoms. The largest absolute Gasteiger partial charge is 0.477 e. The molecule has 29 heavy (non-hydrogen) atoms. The van der Waals surface area contributed by atoms with Crippen molar-refractivity contribution in [1.82, 2.24) is 39.1 Å². The van der Waals surface area contributed by atoms with Crippen molar-refractivity contribution in [2.24, 2.45) is 0 Å². The number of fused-ring (bicyclic) bond motifs is 1. The lowest BCUT2D eigenvalue weighted by Crippen LogP contribution is -2.49. The number of tetrazole rings is 1. The first-order valence-electron chi connectivity index (χ1n) is 8.57. The number of aryl methyl sites for hydroxylation is 1. The van der Waals surface area contributed by atoms with Crippen LogP contribution >= 0.6 is 11.5 Å². The first kappa shape index (κ1) is 17.4. The summed E-state index contributed by atoms with van der Waals surface area (Å²) in [4.78, 5) is 36.8. The summed E-state index contributed by atoms with van der Waals surface area (Å²) in [5.74, 6) is -0.628. The van der Waals surface area contributed by atoms with Gasteiger partial charge in [0.15, 0.2) is 12.0 Å². The second kappa shape index (κ2) is 6.41. The highest BCUT2D eigenvalue weighted by molar-refractivity contribution is 7.08. The Labute approximate surface area is 166 Å². The monoisotopic (exact) mass is 411 g/mol. The lowest BCUT2D eigenvalue weighted by molar-refractivity contribution is 0.0695. The average Bonchev–Trinajstić information content (AvgIpc) is 3.34. The van der Waals surface area contributed by atoms with E-state index in [1.807, 2.05) is 4.90 Å². The summed E-state index contributed by atoms with van der Waals surface area (Å²) in [6.45, 7) is 3.05. The molecule has 4 aromatic rings. The molecule has 1 fully saturated rings. The number of carbonyl (C=O) groups is 1. The summed E-state index contributed by atoms with van der Waals surface area (Å²) in [7, 11) is 0. The fourth-order valence-electron chi connectivity index (χ4n) is 3.34. The molecule has 12 nitrogen and oxygen atoms in total. The highest BCUT2D eigenvalue weighted by atomic mass is 32.1. The van der Waals surface area contributed by atoms with E-state index in [1.54, 1.807) is 17.8 Å². The number of pyridine rings is 2. The SMILES string of the molecule is Cc1cc(N2CC(n3ncnn3)C2)nc2c1c(=O)c(C(=O)O)cn2-c1ncns1. The van der Waals surface area contributed by atoms with Gasteiger partial charge < -0.3 is 10.0 Å². The lowest BCUT2D eigenvalue weighted by Gasteiger charge is -2.39. The Hall–Kier alpha value is -3.74. The van der Waals surface area contributed by atoms with E-state index in [0.717, 1.165) is 11.5 Å². The quantitative estimate of drug-likeness (QED) is 0.497. The number of hydrogen-bond acceptors (Lipinski definition) is 10. The van der Waals surface area contributed by atoms with Crippen molar-refractivity contribution in [2.75, 3.05) is 18.0 Å². The second-order valence-electron chi connectivity index (χ2n) is 6.58. The normalized spacial score (nSPS) is 14.3. The molecule has 0 aromatic carbocycles. The predicted molar refractivity (Wildman–Crippen MR) is 102 cm³/mol. The maximum atomic E-state index is 12.8. The molecule has 0 unspecified atom stereocenters. The molecule has 0 aliphatic carbocycles. The first-order valence-corrected chi connectivity index (χ1v) is 9.35. The summed E-state index contributed by atoms with van der Waals surface area (Å²) < 4.78 is 5.48. The van der Waals surface area contributed by atoms with Crippen molar-refractivity contribution < 1.29 is 9.90 Å². The van der Waals surface area contributed by atoms with Crippen LogP contribution in [0.1, 0.15) is 22.0 Å². The third-order valence-corrected chi connectivity index (χ3v) is 5.47. The van der Waals surface area contributed by atoms with Crippen LogP contribution in [0.15, 0.2) is 29.7 Å². The summed E-state index contributed by atoms with van der Waals surface area (Å²) in [6, 6.07) is 1.88. The van der Waals surface area contributed by atoms with Crippen LogP contribution in [0.4, 0.5) is 5.82 Å². The molecule has 0 bridgehead atoms. The maximum Gasteiger partial charge on any atom is 0.341 e. The number of aromatic nitrogens is 8. The Morgan fingerprint density at radius 2 is 2.14 bits per heavy atom. The number of nitrogens with zero attached hydrogens (tertiary/aromatic N) is 9. The van der Waals surface area contributed by atoms with Gasteiger partial charge in [-0.3, -0.25) is 9.36 Å². The van der Waals surface area contributed by atoms with Gasteiger partial charge in [0, 0.05) is 30.8 Å². The zero-order valence-electron chi connectivity index (χ0n) is 15.0. The molecule has 5 heterocycles. The predicted octanol–water partition coefficient (Wildman–Crippen LogP) is 0.292. The van der Waals surface area contributed by atoms with Gasteiger partial charge in [0.1, 0.15) is 23.8 Å². The van der Waals surface area contributed by atoms with Crippen molar-refractivity contribution in [3.63, 3.8) is 0 Å². The molecule has 0 spiro atoms. The standard InChI is InChI=1S/C16H13N9O3S/c1-8-2-11(23-3-9(4-23)25-19-7-18-22-25)21-14-12(8)13(26)10(15(27)28)5-24(14)16-17-6-20-29-16/h2,5-7,9H,3-4H2,1H3,(H,27,28). The number of aromatic carboxylic acids is 1. The van der Waals surface area contributed by atoms with Crippen LogP contribution in [0.25, 0.3) is 16.2 Å². The minimum absolute atomic E-state index is 0.0926. The van der Waals surface area contributed by atoms with E-state index in [2.05, 4.69) is 29.8 Å². The van der Waals surface area contributed by atoms with E-state index in [9.17, 15) is 14.7 Å². The van der Waals surface area contributed by atoms with Gasteiger partial charge >= 0.3 is 5.97 Å². The zero-order chi connectivity index (χ0) is 20.1. The molecule has 1 N–H and O–H groups in total. The molecule has 1 aliphatic rings. The van der Waals surface area contributed by atoms with E-state index >= 15 is 0 Å². The maximum absolute atomic E-state index is 12.8. The van der Waals surface area contributed by atoms with E-state index in [4.69, 9.17) is 0 Å². The van der Waals surface area contributed by atoms with Crippen molar-refractivity contribution in [2.45, 2.75) is 13.0 Å². The van der Waals surface area contributed by atoms with Gasteiger partial charge in [0.05, 0.1) is 5.39 Å². The number of carboxylic acid groups (broad SMARTS) is 1. The lowest BCUT2D eigenvalue weighted by atomic mass is 10.1. The van der Waals surface area contributed by atoms with Gasteiger partial charge in [-0.25, -0.2) is 14.8 Å². The number of hydrogen-bond donors (Lipinski definition) is 1. The van der Waals surface area contributed by atoms with Crippen molar-refractivity contribution in [1.29, 1.82) is 0 Å². The first-order chi connectivity index (χ1) is 14.0. The topological polar surface area (TPSA) is 145 Å². The minimum Gasteiger partial charge on any atom is -0.477 e. The number of carboxylic acids is 1. The Morgan fingerprint density at radius 3 is 2.79 bits per heavy atom. The summed E-state index contributed by atoms with van der Waals surface area (Å²) >= 11 is 1.08. The van der Waals surface area contributed by atoms with Crippen LogP contribution in [0.3, 0.4) is 0 Å². The fourth-order valence-corrected chi connectivity index (χ4v) is 3.85. The van der Waals surface area contributed by atoms with Crippen LogP contribution in [0.5, 0.6) is 0 Å². The fraction of sp³-hybridized carbons (Fsp3) is 0.250. The molecule has 0 atom stereocenters. The minimum atomic E-state index is -1.30. The van der Waals surface area contributed by atoms with Gasteiger partial charge in [-0.1, -0.05) is 0 Å². The summed E-state index contributed by atoms with van der Waals surface area (Å²) in [5.41, 5.74) is 0.0671. The van der Waals surface area contributed by atoms with Crippen molar-refractivity contribution in [3.8, 4) is 5.13 Å². The Morgan fingerprint density at radius 1 is 1.31 bits per heavy atom. The summed E-state index contributed by atoms with van der Waals surface area (Å²) in [5, 5.41) is 21.8.